The molecule has 1 rings (SSSR count). The number of anilines is 1. The van der Waals surface area contributed by atoms with Crippen molar-refractivity contribution in [2.75, 3.05) is 5.32 Å². The first-order valence-electron chi connectivity index (χ1n) is 7.15. The molecule has 116 valence electrons. The average molecular weight is 292 g/mol. The van der Waals surface area contributed by atoms with Crippen LogP contribution in [0.5, 0.6) is 0 Å². The Morgan fingerprint density at radius 1 is 1.24 bits per heavy atom. The molecule has 0 bridgehead atoms. The van der Waals surface area contributed by atoms with E-state index in [1.165, 1.54) is 0 Å². The quantitative estimate of drug-likeness (QED) is 0.778. The zero-order valence-corrected chi connectivity index (χ0v) is 13.1. The number of para-hydroxylation sites is 1. The normalized spacial score (nSPS) is 12.6. The molecule has 2 amide bonds. The Hall–Kier alpha value is -2.04. The van der Waals surface area contributed by atoms with Gasteiger partial charge in [-0.1, -0.05) is 52.3 Å². The lowest BCUT2D eigenvalue weighted by Crippen LogP contribution is -2.43. The fraction of sp³-hybridized carbons (Fsp3) is 0.500. The first kappa shape index (κ1) is 17.0. The van der Waals surface area contributed by atoms with E-state index in [2.05, 4.69) is 31.4 Å². The number of hydrogen-bond acceptors (Lipinski definition) is 2. The van der Waals surface area contributed by atoms with E-state index in [9.17, 15) is 9.59 Å². The SMILES string of the molecule is CCCC(NC(=O)Nc1ccccc1C(C)(C)C)C(=O)O. The fourth-order valence-corrected chi connectivity index (χ4v) is 2.11. The van der Waals surface area contributed by atoms with Crippen molar-refractivity contribution in [3.05, 3.63) is 29.8 Å². The predicted molar refractivity (Wildman–Crippen MR) is 83.6 cm³/mol. The van der Waals surface area contributed by atoms with E-state index in [0.29, 0.717) is 18.5 Å². The van der Waals surface area contributed by atoms with E-state index in [0.717, 1.165) is 5.56 Å². The molecule has 5 heteroatoms. The van der Waals surface area contributed by atoms with Gasteiger partial charge in [0.15, 0.2) is 0 Å². The summed E-state index contributed by atoms with van der Waals surface area (Å²) in [5, 5.41) is 14.3. The number of aliphatic carboxylic acids is 1. The predicted octanol–water partition coefficient (Wildman–Crippen LogP) is 3.36. The van der Waals surface area contributed by atoms with E-state index in [1.807, 2.05) is 31.2 Å². The van der Waals surface area contributed by atoms with Gasteiger partial charge in [0.05, 0.1) is 0 Å². The number of carboxylic acid groups (broad SMARTS) is 1. The number of nitrogens with one attached hydrogen (secondary N) is 2. The lowest BCUT2D eigenvalue weighted by Gasteiger charge is -2.23. The lowest BCUT2D eigenvalue weighted by molar-refractivity contribution is -0.139. The average Bonchev–Trinajstić information content (AvgIpc) is 2.37. The molecule has 21 heavy (non-hydrogen) atoms. The lowest BCUT2D eigenvalue weighted by atomic mass is 9.86. The molecular weight excluding hydrogens is 268 g/mol. The second kappa shape index (κ2) is 7.11. The minimum Gasteiger partial charge on any atom is -0.480 e. The maximum absolute atomic E-state index is 12.0. The number of carbonyl (C=O) groups is 2. The standard InChI is InChI=1S/C16H24N2O3/c1-5-8-13(14(19)20)18-15(21)17-12-10-7-6-9-11(12)16(2,3)4/h6-7,9-10,13H,5,8H2,1-4H3,(H,19,20)(H2,17,18,21). The molecule has 1 aromatic carbocycles. The zero-order chi connectivity index (χ0) is 16.0. The highest BCUT2D eigenvalue weighted by Gasteiger charge is 2.21. The second-order valence-corrected chi connectivity index (χ2v) is 6.07. The second-order valence-electron chi connectivity index (χ2n) is 6.07. The third-order valence-corrected chi connectivity index (χ3v) is 3.16. The number of rotatable bonds is 5. The van der Waals surface area contributed by atoms with Crippen LogP contribution in [-0.4, -0.2) is 23.1 Å². The maximum atomic E-state index is 12.0. The van der Waals surface area contributed by atoms with E-state index in [4.69, 9.17) is 5.11 Å². The Labute approximate surface area is 125 Å². The van der Waals surface area contributed by atoms with Crippen molar-refractivity contribution < 1.29 is 14.7 Å². The topological polar surface area (TPSA) is 78.4 Å². The number of amides is 2. The smallest absolute Gasteiger partial charge is 0.326 e. The van der Waals surface area contributed by atoms with Gasteiger partial charge in [0.25, 0.3) is 0 Å². The first-order chi connectivity index (χ1) is 9.75. The summed E-state index contributed by atoms with van der Waals surface area (Å²) in [5.41, 5.74) is 1.59. The Balaban J connectivity index is 2.82. The molecule has 0 saturated carbocycles. The number of urea groups is 1. The highest BCUT2D eigenvalue weighted by molar-refractivity contribution is 5.93. The van der Waals surface area contributed by atoms with Crippen LogP contribution in [0.4, 0.5) is 10.5 Å². The maximum Gasteiger partial charge on any atom is 0.326 e. The summed E-state index contributed by atoms with van der Waals surface area (Å²) in [7, 11) is 0. The van der Waals surface area contributed by atoms with Gasteiger partial charge in [0.1, 0.15) is 6.04 Å². The van der Waals surface area contributed by atoms with E-state index in [1.54, 1.807) is 0 Å². The molecule has 1 aromatic rings. The Bertz CT molecular complexity index is 506. The van der Waals surface area contributed by atoms with Crippen LogP contribution in [0, 0.1) is 0 Å². The van der Waals surface area contributed by atoms with Gasteiger partial charge in [0.2, 0.25) is 0 Å². The molecule has 0 aromatic heterocycles. The number of benzene rings is 1. The summed E-state index contributed by atoms with van der Waals surface area (Å²) in [6.07, 6.45) is 1.10. The van der Waals surface area contributed by atoms with Crippen molar-refractivity contribution in [1.29, 1.82) is 0 Å². The summed E-state index contributed by atoms with van der Waals surface area (Å²) in [6.45, 7) is 8.05. The highest BCUT2D eigenvalue weighted by atomic mass is 16.4. The summed E-state index contributed by atoms with van der Waals surface area (Å²) in [5.74, 6) is -1.02. The van der Waals surface area contributed by atoms with Crippen LogP contribution in [0.2, 0.25) is 0 Å². The van der Waals surface area contributed by atoms with Crippen molar-refractivity contribution in [3.63, 3.8) is 0 Å². The van der Waals surface area contributed by atoms with Gasteiger partial charge < -0.3 is 15.7 Å². The zero-order valence-electron chi connectivity index (χ0n) is 13.1. The van der Waals surface area contributed by atoms with E-state index < -0.39 is 18.0 Å². The van der Waals surface area contributed by atoms with Crippen molar-refractivity contribution in [1.82, 2.24) is 5.32 Å². The molecule has 1 atom stereocenters. The van der Waals surface area contributed by atoms with Crippen LogP contribution < -0.4 is 10.6 Å². The van der Waals surface area contributed by atoms with Crippen LogP contribution in [0.3, 0.4) is 0 Å². The monoisotopic (exact) mass is 292 g/mol. The Morgan fingerprint density at radius 3 is 2.38 bits per heavy atom. The van der Waals surface area contributed by atoms with Crippen molar-refractivity contribution in [2.45, 2.75) is 52.0 Å². The van der Waals surface area contributed by atoms with Crippen LogP contribution in [0.1, 0.15) is 46.1 Å². The number of carboxylic acids is 1. The molecule has 3 N–H and O–H groups in total. The van der Waals surface area contributed by atoms with Gasteiger partial charge in [-0.2, -0.15) is 0 Å². The molecular formula is C16H24N2O3. The Morgan fingerprint density at radius 2 is 1.86 bits per heavy atom. The summed E-state index contributed by atoms with van der Waals surface area (Å²) in [4.78, 5) is 23.1. The minimum atomic E-state index is -1.02. The van der Waals surface area contributed by atoms with Crippen LogP contribution in [0.25, 0.3) is 0 Å². The molecule has 0 aliphatic heterocycles. The molecule has 0 aliphatic carbocycles. The summed E-state index contributed by atoms with van der Waals surface area (Å²) >= 11 is 0. The van der Waals surface area contributed by atoms with Gasteiger partial charge in [0, 0.05) is 5.69 Å². The van der Waals surface area contributed by atoms with E-state index >= 15 is 0 Å². The highest BCUT2D eigenvalue weighted by Crippen LogP contribution is 2.29. The third kappa shape index (κ3) is 5.10. The van der Waals surface area contributed by atoms with Gasteiger partial charge in [-0.05, 0) is 23.5 Å². The summed E-state index contributed by atoms with van der Waals surface area (Å²) < 4.78 is 0. The Kier molecular flexibility index (Phi) is 5.76. The van der Waals surface area contributed by atoms with Crippen LogP contribution in [-0.2, 0) is 10.2 Å². The van der Waals surface area contributed by atoms with Crippen molar-refractivity contribution in [2.24, 2.45) is 0 Å². The van der Waals surface area contributed by atoms with Gasteiger partial charge >= 0.3 is 12.0 Å². The molecule has 0 spiro atoms. The van der Waals surface area contributed by atoms with Crippen LogP contribution >= 0.6 is 0 Å². The molecule has 1 unspecified atom stereocenters. The molecule has 0 aliphatic rings. The minimum absolute atomic E-state index is 0.112. The number of carbonyl (C=O) groups excluding carboxylic acids is 1. The third-order valence-electron chi connectivity index (χ3n) is 3.16. The largest absolute Gasteiger partial charge is 0.480 e. The van der Waals surface area contributed by atoms with Crippen LogP contribution in [0.15, 0.2) is 24.3 Å². The molecule has 5 nitrogen and oxygen atoms in total. The molecule has 0 saturated heterocycles. The van der Waals surface area contributed by atoms with Crippen molar-refractivity contribution in [3.8, 4) is 0 Å². The summed E-state index contributed by atoms with van der Waals surface area (Å²) in [6, 6.07) is 6.17. The molecule has 0 fully saturated rings. The van der Waals surface area contributed by atoms with Gasteiger partial charge in [-0.3, -0.25) is 0 Å². The van der Waals surface area contributed by atoms with Gasteiger partial charge in [-0.15, -0.1) is 0 Å². The number of hydrogen-bond donors (Lipinski definition) is 3. The first-order valence-corrected chi connectivity index (χ1v) is 7.15. The van der Waals surface area contributed by atoms with Gasteiger partial charge in [-0.25, -0.2) is 9.59 Å². The van der Waals surface area contributed by atoms with E-state index in [-0.39, 0.29) is 5.41 Å². The fourth-order valence-electron chi connectivity index (χ4n) is 2.11. The molecule has 0 heterocycles. The molecule has 0 radical (unpaired) electrons. The van der Waals surface area contributed by atoms with Crippen molar-refractivity contribution >= 4 is 17.7 Å².